The van der Waals surface area contributed by atoms with Gasteiger partial charge >= 0.3 is 0 Å². The Kier molecular flexibility index (Phi) is 3.80. The highest BCUT2D eigenvalue weighted by atomic mass is 32.2. The van der Waals surface area contributed by atoms with Gasteiger partial charge in [0.05, 0.1) is 10.6 Å². The van der Waals surface area contributed by atoms with Crippen LogP contribution in [0.15, 0.2) is 47.5 Å². The van der Waals surface area contributed by atoms with Gasteiger partial charge in [-0.2, -0.15) is 9.61 Å². The summed E-state index contributed by atoms with van der Waals surface area (Å²) < 4.78 is 29.8. The van der Waals surface area contributed by atoms with E-state index in [1.807, 2.05) is 18.2 Å². The van der Waals surface area contributed by atoms with Crippen LogP contribution in [0.3, 0.4) is 0 Å². The largest absolute Gasteiger partial charge is 0.263 e. The van der Waals surface area contributed by atoms with Crippen molar-refractivity contribution in [2.24, 2.45) is 0 Å². The van der Waals surface area contributed by atoms with Crippen LogP contribution in [0.4, 0.5) is 5.82 Å². The average molecular weight is 370 g/mol. The molecule has 3 aromatic rings. The molecular formula is C19H22N4O2S. The topological polar surface area (TPSA) is 76.4 Å². The van der Waals surface area contributed by atoms with Gasteiger partial charge in [0.2, 0.25) is 0 Å². The second kappa shape index (κ2) is 5.81. The molecule has 1 fully saturated rings. The summed E-state index contributed by atoms with van der Waals surface area (Å²) in [7, 11) is -3.70. The molecule has 0 amide bonds. The minimum absolute atomic E-state index is 0.0265. The maximum atomic E-state index is 12.8. The number of anilines is 1. The minimum atomic E-state index is -3.70. The fraction of sp³-hybridized carbons (Fsp3) is 0.368. The van der Waals surface area contributed by atoms with Crippen LogP contribution in [0.1, 0.15) is 50.8 Å². The summed E-state index contributed by atoms with van der Waals surface area (Å²) >= 11 is 0. The molecule has 7 heteroatoms. The Morgan fingerprint density at radius 1 is 1.12 bits per heavy atom. The van der Waals surface area contributed by atoms with E-state index in [1.165, 1.54) is 0 Å². The SMILES string of the molecule is CC(C)(C)c1ccc(S(=O)(=O)Nc2ccnc3cc(C4CC4)nn23)cc1. The quantitative estimate of drug-likeness (QED) is 0.760. The minimum Gasteiger partial charge on any atom is -0.263 e. The van der Waals surface area contributed by atoms with Crippen molar-refractivity contribution in [3.8, 4) is 0 Å². The Balaban J connectivity index is 1.66. The van der Waals surface area contributed by atoms with E-state index in [2.05, 4.69) is 35.6 Å². The number of hydrogen-bond donors (Lipinski definition) is 1. The van der Waals surface area contributed by atoms with Gasteiger partial charge in [0.1, 0.15) is 5.82 Å². The predicted molar refractivity (Wildman–Crippen MR) is 101 cm³/mol. The van der Waals surface area contributed by atoms with E-state index in [0.29, 0.717) is 17.4 Å². The lowest BCUT2D eigenvalue weighted by atomic mass is 9.87. The molecule has 0 saturated heterocycles. The van der Waals surface area contributed by atoms with Crippen LogP contribution < -0.4 is 4.72 Å². The zero-order chi connectivity index (χ0) is 18.5. The third-order valence-electron chi connectivity index (χ3n) is 4.64. The van der Waals surface area contributed by atoms with Crippen molar-refractivity contribution in [1.82, 2.24) is 14.6 Å². The van der Waals surface area contributed by atoms with Gasteiger partial charge < -0.3 is 0 Å². The Labute approximate surface area is 153 Å². The van der Waals surface area contributed by atoms with E-state index in [1.54, 1.807) is 28.9 Å². The normalized spacial score (nSPS) is 15.3. The molecule has 0 aliphatic heterocycles. The van der Waals surface area contributed by atoms with Crippen molar-refractivity contribution >= 4 is 21.5 Å². The van der Waals surface area contributed by atoms with E-state index < -0.39 is 10.0 Å². The van der Waals surface area contributed by atoms with Gasteiger partial charge in [-0.25, -0.2) is 13.4 Å². The molecule has 1 N–H and O–H groups in total. The van der Waals surface area contributed by atoms with Crippen LogP contribution >= 0.6 is 0 Å². The molecule has 0 bridgehead atoms. The fourth-order valence-corrected chi connectivity index (χ4v) is 3.94. The molecule has 0 unspecified atom stereocenters. The van der Waals surface area contributed by atoms with Gasteiger partial charge in [0, 0.05) is 18.2 Å². The van der Waals surface area contributed by atoms with Gasteiger partial charge in [0.15, 0.2) is 5.65 Å². The third-order valence-corrected chi connectivity index (χ3v) is 6.01. The lowest BCUT2D eigenvalue weighted by molar-refractivity contribution is 0.587. The maximum absolute atomic E-state index is 12.8. The Morgan fingerprint density at radius 3 is 2.42 bits per heavy atom. The van der Waals surface area contributed by atoms with Crippen molar-refractivity contribution in [2.75, 3.05) is 4.72 Å². The Bertz CT molecular complexity index is 1060. The fourth-order valence-electron chi connectivity index (χ4n) is 2.90. The molecule has 0 spiro atoms. The first-order valence-corrected chi connectivity index (χ1v) is 10.2. The number of aromatic nitrogens is 3. The zero-order valence-electron chi connectivity index (χ0n) is 15.1. The van der Waals surface area contributed by atoms with Crippen LogP contribution in [-0.4, -0.2) is 23.0 Å². The Hall–Kier alpha value is -2.41. The molecule has 0 radical (unpaired) electrons. The highest BCUT2D eigenvalue weighted by Crippen LogP contribution is 2.39. The summed E-state index contributed by atoms with van der Waals surface area (Å²) in [6.07, 6.45) is 3.85. The summed E-state index contributed by atoms with van der Waals surface area (Å²) in [6, 6.07) is 10.5. The molecule has 0 atom stereocenters. The van der Waals surface area contributed by atoms with E-state index in [4.69, 9.17) is 0 Å². The molecule has 1 aliphatic carbocycles. The predicted octanol–water partition coefficient (Wildman–Crippen LogP) is 3.71. The number of fused-ring (bicyclic) bond motifs is 1. The lowest BCUT2D eigenvalue weighted by Gasteiger charge is -2.19. The van der Waals surface area contributed by atoms with Gasteiger partial charge in [-0.15, -0.1) is 0 Å². The van der Waals surface area contributed by atoms with Crippen LogP contribution in [0.2, 0.25) is 0 Å². The standard InChI is InChI=1S/C19H22N4O2S/c1-19(2,3)14-6-8-15(9-7-14)26(24,25)22-17-10-11-20-18-12-16(13-4-5-13)21-23(17)18/h6-13,22H,4-5H2,1-3H3. The summed E-state index contributed by atoms with van der Waals surface area (Å²) in [4.78, 5) is 4.51. The van der Waals surface area contributed by atoms with Crippen LogP contribution in [0.5, 0.6) is 0 Å². The second-order valence-electron chi connectivity index (χ2n) is 7.82. The van der Waals surface area contributed by atoms with E-state index >= 15 is 0 Å². The molecule has 1 aliphatic rings. The summed E-state index contributed by atoms with van der Waals surface area (Å²) in [6.45, 7) is 6.28. The lowest BCUT2D eigenvalue weighted by Crippen LogP contribution is -2.17. The molecule has 6 nitrogen and oxygen atoms in total. The molecule has 1 aromatic carbocycles. The molecule has 2 heterocycles. The molecule has 136 valence electrons. The first-order chi connectivity index (χ1) is 12.2. The summed E-state index contributed by atoms with van der Waals surface area (Å²) in [5.74, 6) is 0.868. The second-order valence-corrected chi connectivity index (χ2v) is 9.51. The number of rotatable bonds is 4. The van der Waals surface area contributed by atoms with Crippen molar-refractivity contribution in [3.05, 3.63) is 53.9 Å². The smallest absolute Gasteiger partial charge is 0.263 e. The number of sulfonamides is 1. The maximum Gasteiger partial charge on any atom is 0.263 e. The van der Waals surface area contributed by atoms with Crippen molar-refractivity contribution in [3.63, 3.8) is 0 Å². The average Bonchev–Trinajstić information content (AvgIpc) is 3.33. The first kappa shape index (κ1) is 17.0. The van der Waals surface area contributed by atoms with E-state index in [9.17, 15) is 8.42 Å². The third kappa shape index (κ3) is 3.19. The number of benzene rings is 1. The molecule has 4 rings (SSSR count). The summed E-state index contributed by atoms with van der Waals surface area (Å²) in [5.41, 5.74) is 2.68. The van der Waals surface area contributed by atoms with Crippen LogP contribution in [0.25, 0.3) is 5.65 Å². The highest BCUT2D eigenvalue weighted by molar-refractivity contribution is 7.92. The van der Waals surface area contributed by atoms with Gasteiger partial charge in [-0.3, -0.25) is 4.72 Å². The highest BCUT2D eigenvalue weighted by Gasteiger charge is 2.27. The summed E-state index contributed by atoms with van der Waals surface area (Å²) in [5, 5.41) is 4.53. The number of nitrogens with one attached hydrogen (secondary N) is 1. The zero-order valence-corrected chi connectivity index (χ0v) is 15.9. The van der Waals surface area contributed by atoms with Crippen molar-refractivity contribution < 1.29 is 8.42 Å². The molecule has 2 aromatic heterocycles. The molecule has 26 heavy (non-hydrogen) atoms. The first-order valence-electron chi connectivity index (χ1n) is 8.72. The van der Waals surface area contributed by atoms with Gasteiger partial charge in [-0.1, -0.05) is 32.9 Å². The van der Waals surface area contributed by atoms with Gasteiger partial charge in [-0.05, 0) is 42.0 Å². The van der Waals surface area contributed by atoms with E-state index in [0.717, 1.165) is 24.1 Å². The van der Waals surface area contributed by atoms with Crippen LogP contribution in [-0.2, 0) is 15.4 Å². The molecular weight excluding hydrogens is 348 g/mol. The van der Waals surface area contributed by atoms with E-state index in [-0.39, 0.29) is 10.3 Å². The number of nitrogens with zero attached hydrogens (tertiary/aromatic N) is 3. The van der Waals surface area contributed by atoms with Crippen LogP contribution in [0, 0.1) is 0 Å². The van der Waals surface area contributed by atoms with Crippen molar-refractivity contribution in [2.45, 2.75) is 49.8 Å². The molecule has 1 saturated carbocycles. The monoisotopic (exact) mass is 370 g/mol. The van der Waals surface area contributed by atoms with Gasteiger partial charge in [0.25, 0.3) is 10.0 Å². The Morgan fingerprint density at radius 2 is 1.81 bits per heavy atom. The number of hydrogen-bond acceptors (Lipinski definition) is 4. The van der Waals surface area contributed by atoms with Crippen molar-refractivity contribution in [1.29, 1.82) is 0 Å².